The summed E-state index contributed by atoms with van der Waals surface area (Å²) in [6.45, 7) is 2.17. The van der Waals surface area contributed by atoms with Crippen LogP contribution in [-0.4, -0.2) is 5.10 Å². The van der Waals surface area contributed by atoms with Crippen LogP contribution in [0, 0.1) is 5.21 Å². The van der Waals surface area contributed by atoms with E-state index in [2.05, 4.69) is 12.0 Å². The first-order chi connectivity index (χ1) is 5.83. The third kappa shape index (κ3) is 2.86. The molecule has 0 atom stereocenters. The molecule has 3 nitrogen and oxygen atoms in total. The smallest absolute Gasteiger partial charge is 0.213 e. The standard InChI is InChI=1S/C9H14N2O/c1-2-3-4-5-9-6-7-10-11(12)8-9/h6-8H,2-5H2,1H3. The van der Waals surface area contributed by atoms with E-state index in [4.69, 9.17) is 0 Å². The molecule has 0 aliphatic heterocycles. The van der Waals surface area contributed by atoms with Crippen molar-refractivity contribution in [2.45, 2.75) is 32.6 Å². The van der Waals surface area contributed by atoms with Crippen molar-refractivity contribution in [1.29, 1.82) is 0 Å². The van der Waals surface area contributed by atoms with Crippen molar-refractivity contribution in [1.82, 2.24) is 5.10 Å². The van der Waals surface area contributed by atoms with E-state index in [1.165, 1.54) is 19.0 Å². The van der Waals surface area contributed by atoms with Gasteiger partial charge < -0.3 is 5.21 Å². The lowest BCUT2D eigenvalue weighted by molar-refractivity contribution is -0.669. The highest BCUT2D eigenvalue weighted by Crippen LogP contribution is 2.02. The molecule has 0 saturated heterocycles. The molecule has 1 aromatic rings. The Morgan fingerprint density at radius 2 is 2.33 bits per heavy atom. The van der Waals surface area contributed by atoms with Gasteiger partial charge in [0.2, 0.25) is 6.20 Å². The largest absolute Gasteiger partial charge is 0.594 e. The molecule has 1 heterocycles. The monoisotopic (exact) mass is 166 g/mol. The number of aryl methyl sites for hydroxylation is 1. The Hall–Kier alpha value is -1.12. The molecular formula is C9H14N2O. The van der Waals surface area contributed by atoms with Gasteiger partial charge in [-0.2, -0.15) is 0 Å². The van der Waals surface area contributed by atoms with Crippen LogP contribution < -0.4 is 4.85 Å². The molecule has 1 aromatic heterocycles. The Labute approximate surface area is 72.6 Å². The van der Waals surface area contributed by atoms with Crippen molar-refractivity contribution < 1.29 is 4.85 Å². The number of hydrogen-bond donors (Lipinski definition) is 0. The van der Waals surface area contributed by atoms with E-state index in [1.54, 1.807) is 6.20 Å². The topological polar surface area (TPSA) is 39.8 Å². The number of nitrogens with zero attached hydrogens (tertiary/aromatic N) is 2. The normalized spacial score (nSPS) is 10.1. The molecule has 0 amide bonds. The molecule has 0 bridgehead atoms. The summed E-state index contributed by atoms with van der Waals surface area (Å²) in [5.41, 5.74) is 1.08. The predicted octanol–water partition coefficient (Wildman–Crippen LogP) is 1.45. The zero-order valence-electron chi connectivity index (χ0n) is 7.36. The summed E-state index contributed by atoms with van der Waals surface area (Å²) in [6.07, 6.45) is 7.66. The van der Waals surface area contributed by atoms with Crippen LogP contribution in [0.1, 0.15) is 31.7 Å². The van der Waals surface area contributed by atoms with E-state index in [0.717, 1.165) is 18.4 Å². The summed E-state index contributed by atoms with van der Waals surface area (Å²) in [6, 6.07) is 1.89. The third-order valence-electron chi connectivity index (χ3n) is 1.81. The SMILES string of the molecule is CCCCCc1ccn[n+]([O-])c1. The summed E-state index contributed by atoms with van der Waals surface area (Å²) in [4.78, 5) is 0.612. The Morgan fingerprint density at radius 3 is 3.00 bits per heavy atom. The number of hydrogen-bond acceptors (Lipinski definition) is 2. The van der Waals surface area contributed by atoms with Gasteiger partial charge in [0.1, 0.15) is 0 Å². The highest BCUT2D eigenvalue weighted by atomic mass is 16.5. The molecule has 0 spiro atoms. The van der Waals surface area contributed by atoms with Gasteiger partial charge >= 0.3 is 0 Å². The van der Waals surface area contributed by atoms with E-state index in [1.807, 2.05) is 6.07 Å². The van der Waals surface area contributed by atoms with Crippen LogP contribution in [0.15, 0.2) is 18.5 Å². The predicted molar refractivity (Wildman–Crippen MR) is 46.4 cm³/mol. The van der Waals surface area contributed by atoms with E-state index in [0.29, 0.717) is 4.85 Å². The first-order valence-corrected chi connectivity index (χ1v) is 4.37. The fourth-order valence-electron chi connectivity index (χ4n) is 1.14. The van der Waals surface area contributed by atoms with E-state index < -0.39 is 0 Å². The average molecular weight is 166 g/mol. The zero-order valence-corrected chi connectivity index (χ0v) is 7.36. The highest BCUT2D eigenvalue weighted by molar-refractivity contribution is 5.02. The molecule has 0 radical (unpaired) electrons. The van der Waals surface area contributed by atoms with Gasteiger partial charge in [-0.05, 0) is 18.9 Å². The van der Waals surface area contributed by atoms with Gasteiger partial charge in [0.25, 0.3) is 0 Å². The van der Waals surface area contributed by atoms with Crippen LogP contribution in [0.5, 0.6) is 0 Å². The molecule has 0 N–H and O–H groups in total. The van der Waals surface area contributed by atoms with Gasteiger partial charge in [0.05, 0.1) is 6.20 Å². The molecule has 0 saturated carbocycles. The van der Waals surface area contributed by atoms with E-state index in [-0.39, 0.29) is 0 Å². The van der Waals surface area contributed by atoms with Gasteiger partial charge in [0, 0.05) is 10.7 Å². The maximum absolute atomic E-state index is 10.7. The minimum atomic E-state index is 0.612. The minimum absolute atomic E-state index is 0.612. The first kappa shape index (κ1) is 8.97. The minimum Gasteiger partial charge on any atom is -0.594 e. The van der Waals surface area contributed by atoms with Crippen LogP contribution in [0.25, 0.3) is 0 Å². The van der Waals surface area contributed by atoms with Gasteiger partial charge in [0.15, 0.2) is 0 Å². The summed E-state index contributed by atoms with van der Waals surface area (Å²) >= 11 is 0. The van der Waals surface area contributed by atoms with E-state index in [9.17, 15) is 5.21 Å². The molecule has 0 fully saturated rings. The Kier molecular flexibility index (Phi) is 3.51. The lowest BCUT2D eigenvalue weighted by atomic mass is 10.1. The summed E-state index contributed by atoms with van der Waals surface area (Å²) in [5.74, 6) is 0. The third-order valence-corrected chi connectivity index (χ3v) is 1.81. The van der Waals surface area contributed by atoms with Crippen molar-refractivity contribution in [3.05, 3.63) is 29.2 Å². The average Bonchev–Trinajstić information content (AvgIpc) is 2.05. The quantitative estimate of drug-likeness (QED) is 0.386. The van der Waals surface area contributed by atoms with Crippen molar-refractivity contribution in [2.75, 3.05) is 0 Å². The molecule has 0 unspecified atom stereocenters. The number of unbranched alkanes of at least 4 members (excludes halogenated alkanes) is 2. The second kappa shape index (κ2) is 4.70. The van der Waals surface area contributed by atoms with Gasteiger partial charge in [-0.15, -0.1) is 0 Å². The van der Waals surface area contributed by atoms with Crippen molar-refractivity contribution in [3.8, 4) is 0 Å². The Balaban J connectivity index is 2.41. The van der Waals surface area contributed by atoms with Crippen LogP contribution in [-0.2, 0) is 6.42 Å². The Bertz CT molecular complexity index is 238. The lowest BCUT2D eigenvalue weighted by Crippen LogP contribution is -2.30. The molecule has 66 valence electrons. The van der Waals surface area contributed by atoms with Crippen LogP contribution in [0.4, 0.5) is 0 Å². The van der Waals surface area contributed by atoms with Crippen molar-refractivity contribution >= 4 is 0 Å². The second-order valence-corrected chi connectivity index (χ2v) is 2.89. The van der Waals surface area contributed by atoms with Crippen molar-refractivity contribution in [2.24, 2.45) is 0 Å². The number of aromatic nitrogens is 2. The Morgan fingerprint density at radius 1 is 1.50 bits per heavy atom. The zero-order chi connectivity index (χ0) is 8.81. The molecule has 0 aliphatic rings. The fourth-order valence-corrected chi connectivity index (χ4v) is 1.14. The van der Waals surface area contributed by atoms with Crippen LogP contribution >= 0.6 is 0 Å². The van der Waals surface area contributed by atoms with Crippen LogP contribution in [0.2, 0.25) is 0 Å². The summed E-state index contributed by atoms with van der Waals surface area (Å²) < 4.78 is 0. The maximum Gasteiger partial charge on any atom is 0.213 e. The fraction of sp³-hybridized carbons (Fsp3) is 0.556. The van der Waals surface area contributed by atoms with Gasteiger partial charge in [-0.25, -0.2) is 0 Å². The van der Waals surface area contributed by atoms with Crippen LogP contribution in [0.3, 0.4) is 0 Å². The maximum atomic E-state index is 10.7. The molecule has 0 aliphatic carbocycles. The lowest BCUT2D eigenvalue weighted by Gasteiger charge is -1.98. The molecule has 3 heteroatoms. The summed E-state index contributed by atoms with van der Waals surface area (Å²) in [5, 5.41) is 14.3. The molecule has 0 aromatic carbocycles. The molecular weight excluding hydrogens is 152 g/mol. The van der Waals surface area contributed by atoms with E-state index >= 15 is 0 Å². The van der Waals surface area contributed by atoms with Gasteiger partial charge in [-0.1, -0.05) is 24.6 Å². The molecule has 12 heavy (non-hydrogen) atoms. The van der Waals surface area contributed by atoms with Gasteiger partial charge in [-0.3, -0.25) is 0 Å². The second-order valence-electron chi connectivity index (χ2n) is 2.89. The first-order valence-electron chi connectivity index (χ1n) is 4.37. The highest BCUT2D eigenvalue weighted by Gasteiger charge is 1.97. The van der Waals surface area contributed by atoms with Crippen molar-refractivity contribution in [3.63, 3.8) is 0 Å². The number of rotatable bonds is 4. The summed E-state index contributed by atoms with van der Waals surface area (Å²) in [7, 11) is 0. The molecule has 1 rings (SSSR count).